The summed E-state index contributed by atoms with van der Waals surface area (Å²) in [5.74, 6) is 1.20. The number of rotatable bonds is 3. The Kier molecular flexibility index (Phi) is 3.48. The van der Waals surface area contributed by atoms with E-state index < -0.39 is 6.04 Å². The van der Waals surface area contributed by atoms with Gasteiger partial charge in [0.15, 0.2) is 0 Å². The number of amides is 2. The van der Waals surface area contributed by atoms with Crippen LogP contribution in [0.1, 0.15) is 23.1 Å². The molecular formula is C16H16N2O3. The van der Waals surface area contributed by atoms with E-state index in [2.05, 4.69) is 5.32 Å². The van der Waals surface area contributed by atoms with Gasteiger partial charge in [-0.05, 0) is 24.6 Å². The fraction of sp³-hybridized carbons (Fsp3) is 0.250. The van der Waals surface area contributed by atoms with Crippen molar-refractivity contribution in [3.63, 3.8) is 0 Å². The smallest absolute Gasteiger partial charge is 0.250 e. The van der Waals surface area contributed by atoms with E-state index >= 15 is 0 Å². The van der Waals surface area contributed by atoms with Crippen LogP contribution in [-0.2, 0) is 16.1 Å². The molecule has 1 fully saturated rings. The van der Waals surface area contributed by atoms with E-state index in [1.54, 1.807) is 0 Å². The number of benzene rings is 1. The molecule has 3 rings (SSSR count). The Morgan fingerprint density at radius 2 is 1.95 bits per heavy atom. The first kappa shape index (κ1) is 13.4. The van der Waals surface area contributed by atoms with Crippen LogP contribution in [0.25, 0.3) is 0 Å². The lowest BCUT2D eigenvalue weighted by Crippen LogP contribution is -2.52. The van der Waals surface area contributed by atoms with Crippen molar-refractivity contribution in [2.45, 2.75) is 19.5 Å². The van der Waals surface area contributed by atoms with Gasteiger partial charge in [-0.15, -0.1) is 0 Å². The number of piperazine rings is 1. The van der Waals surface area contributed by atoms with Gasteiger partial charge >= 0.3 is 0 Å². The first-order valence-corrected chi connectivity index (χ1v) is 6.82. The number of nitrogens with zero attached hydrogens (tertiary/aromatic N) is 1. The maximum atomic E-state index is 12.6. The average molecular weight is 284 g/mol. The van der Waals surface area contributed by atoms with Crippen LogP contribution in [0.2, 0.25) is 0 Å². The molecular weight excluding hydrogens is 268 g/mol. The molecule has 1 aromatic carbocycles. The lowest BCUT2D eigenvalue weighted by atomic mass is 10.0. The molecule has 108 valence electrons. The van der Waals surface area contributed by atoms with Gasteiger partial charge < -0.3 is 14.6 Å². The summed E-state index contributed by atoms with van der Waals surface area (Å²) < 4.78 is 5.49. The number of carbonyl (C=O) groups excluding carboxylic acids is 2. The second-order valence-electron chi connectivity index (χ2n) is 5.12. The predicted molar refractivity (Wildman–Crippen MR) is 76.2 cm³/mol. The Hall–Kier alpha value is -2.56. The SMILES string of the molecule is Cc1ccc(CN2CC(=O)NC(c3ccccc3)C2=O)o1. The molecule has 0 radical (unpaired) electrons. The number of nitrogens with one attached hydrogen (secondary N) is 1. The zero-order valence-electron chi connectivity index (χ0n) is 11.7. The van der Waals surface area contributed by atoms with Crippen LogP contribution in [0.3, 0.4) is 0 Å². The Bertz CT molecular complexity index is 663. The predicted octanol–water partition coefficient (Wildman–Crippen LogP) is 1.79. The third kappa shape index (κ3) is 2.81. The van der Waals surface area contributed by atoms with Crippen LogP contribution >= 0.6 is 0 Å². The molecule has 1 unspecified atom stereocenters. The third-order valence-electron chi connectivity index (χ3n) is 3.47. The van der Waals surface area contributed by atoms with Gasteiger partial charge in [-0.25, -0.2) is 0 Å². The first-order valence-electron chi connectivity index (χ1n) is 6.82. The summed E-state index contributed by atoms with van der Waals surface area (Å²) in [6, 6.07) is 12.3. The lowest BCUT2D eigenvalue weighted by molar-refractivity contribution is -0.145. The highest BCUT2D eigenvalue weighted by atomic mass is 16.3. The molecule has 1 saturated heterocycles. The van der Waals surface area contributed by atoms with Gasteiger partial charge in [0.2, 0.25) is 5.91 Å². The molecule has 1 N–H and O–H groups in total. The van der Waals surface area contributed by atoms with E-state index in [0.717, 1.165) is 11.3 Å². The van der Waals surface area contributed by atoms with Crippen LogP contribution in [-0.4, -0.2) is 23.3 Å². The number of furan rings is 1. The molecule has 1 atom stereocenters. The van der Waals surface area contributed by atoms with Crippen molar-refractivity contribution in [2.24, 2.45) is 0 Å². The summed E-state index contributed by atoms with van der Waals surface area (Å²) in [5, 5.41) is 2.74. The van der Waals surface area contributed by atoms with E-state index in [1.807, 2.05) is 49.4 Å². The van der Waals surface area contributed by atoms with Crippen molar-refractivity contribution in [3.8, 4) is 0 Å². The zero-order chi connectivity index (χ0) is 14.8. The highest BCUT2D eigenvalue weighted by Gasteiger charge is 2.33. The van der Waals surface area contributed by atoms with Crippen molar-refractivity contribution in [2.75, 3.05) is 6.54 Å². The summed E-state index contributed by atoms with van der Waals surface area (Å²) in [6.07, 6.45) is 0. The molecule has 5 heteroatoms. The van der Waals surface area contributed by atoms with Crippen molar-refractivity contribution >= 4 is 11.8 Å². The van der Waals surface area contributed by atoms with E-state index in [4.69, 9.17) is 4.42 Å². The molecule has 21 heavy (non-hydrogen) atoms. The van der Waals surface area contributed by atoms with Gasteiger partial charge in [0.05, 0.1) is 6.54 Å². The minimum Gasteiger partial charge on any atom is -0.464 e. The molecule has 0 saturated carbocycles. The van der Waals surface area contributed by atoms with Crippen LogP contribution in [0, 0.1) is 6.92 Å². The van der Waals surface area contributed by atoms with Crippen molar-refractivity contribution in [3.05, 3.63) is 59.5 Å². The summed E-state index contributed by atoms with van der Waals surface area (Å²) in [4.78, 5) is 25.9. The van der Waals surface area contributed by atoms with Gasteiger partial charge in [0.25, 0.3) is 5.91 Å². The largest absolute Gasteiger partial charge is 0.464 e. The Morgan fingerprint density at radius 3 is 2.62 bits per heavy atom. The van der Waals surface area contributed by atoms with Crippen molar-refractivity contribution in [1.29, 1.82) is 0 Å². The van der Waals surface area contributed by atoms with Crippen molar-refractivity contribution in [1.82, 2.24) is 10.2 Å². The average Bonchev–Trinajstić information content (AvgIpc) is 2.89. The molecule has 0 spiro atoms. The van der Waals surface area contributed by atoms with Crippen LogP contribution in [0.4, 0.5) is 0 Å². The molecule has 5 nitrogen and oxygen atoms in total. The van der Waals surface area contributed by atoms with E-state index in [9.17, 15) is 9.59 Å². The number of hydrogen-bond acceptors (Lipinski definition) is 3. The normalized spacial score (nSPS) is 18.7. The summed E-state index contributed by atoms with van der Waals surface area (Å²) in [5.41, 5.74) is 0.788. The Morgan fingerprint density at radius 1 is 1.19 bits per heavy atom. The Balaban J connectivity index is 1.81. The molecule has 0 bridgehead atoms. The summed E-state index contributed by atoms with van der Waals surface area (Å²) >= 11 is 0. The maximum absolute atomic E-state index is 12.6. The second-order valence-corrected chi connectivity index (χ2v) is 5.12. The summed E-state index contributed by atoms with van der Waals surface area (Å²) in [6.45, 7) is 2.21. The zero-order valence-corrected chi connectivity index (χ0v) is 11.7. The number of carbonyl (C=O) groups is 2. The third-order valence-corrected chi connectivity index (χ3v) is 3.47. The second kappa shape index (κ2) is 5.44. The molecule has 1 aliphatic heterocycles. The standard InChI is InChI=1S/C16H16N2O3/c1-11-7-8-13(21-11)9-18-10-14(19)17-15(16(18)20)12-5-3-2-4-6-12/h2-8,15H,9-10H2,1H3,(H,17,19). The van der Waals surface area contributed by atoms with Crippen molar-refractivity contribution < 1.29 is 14.0 Å². The lowest BCUT2D eigenvalue weighted by Gasteiger charge is -2.32. The van der Waals surface area contributed by atoms with E-state index in [0.29, 0.717) is 12.3 Å². The minimum absolute atomic E-state index is 0.0575. The van der Waals surface area contributed by atoms with E-state index in [1.165, 1.54) is 4.90 Å². The molecule has 2 amide bonds. The first-order chi connectivity index (χ1) is 10.1. The van der Waals surface area contributed by atoms with E-state index in [-0.39, 0.29) is 18.4 Å². The van der Waals surface area contributed by atoms with Gasteiger partial charge in [-0.3, -0.25) is 9.59 Å². The monoisotopic (exact) mass is 284 g/mol. The van der Waals surface area contributed by atoms with Crippen LogP contribution in [0.5, 0.6) is 0 Å². The fourth-order valence-corrected chi connectivity index (χ4v) is 2.47. The Labute approximate surface area is 122 Å². The quantitative estimate of drug-likeness (QED) is 0.934. The van der Waals surface area contributed by atoms with Gasteiger partial charge in [0.1, 0.15) is 24.1 Å². The van der Waals surface area contributed by atoms with Crippen LogP contribution in [0.15, 0.2) is 46.9 Å². The molecule has 2 heterocycles. The number of hydrogen-bond donors (Lipinski definition) is 1. The molecule has 1 aromatic heterocycles. The van der Waals surface area contributed by atoms with Gasteiger partial charge in [-0.2, -0.15) is 0 Å². The summed E-state index contributed by atoms with van der Waals surface area (Å²) in [7, 11) is 0. The topological polar surface area (TPSA) is 62.6 Å². The minimum atomic E-state index is -0.622. The molecule has 2 aromatic rings. The molecule has 1 aliphatic rings. The van der Waals surface area contributed by atoms with Gasteiger partial charge in [0, 0.05) is 0 Å². The highest BCUT2D eigenvalue weighted by molar-refractivity contribution is 5.95. The fourth-order valence-electron chi connectivity index (χ4n) is 2.47. The molecule has 0 aliphatic carbocycles. The highest BCUT2D eigenvalue weighted by Crippen LogP contribution is 2.21. The maximum Gasteiger partial charge on any atom is 0.250 e. The van der Waals surface area contributed by atoms with Gasteiger partial charge in [-0.1, -0.05) is 30.3 Å². The number of aryl methyl sites for hydroxylation is 1. The van der Waals surface area contributed by atoms with Crippen LogP contribution < -0.4 is 5.32 Å².